The van der Waals surface area contributed by atoms with Gasteiger partial charge in [-0.3, -0.25) is 9.69 Å². The number of halogens is 1. The Morgan fingerprint density at radius 2 is 2.15 bits per heavy atom. The number of hydrogen-bond acceptors (Lipinski definition) is 4. The highest BCUT2D eigenvalue weighted by atomic mass is 127. The number of carbonyl (C=O) groups excluding carboxylic acids is 1. The Hall–Kier alpha value is -0.820. The number of rotatable bonds is 5. The first kappa shape index (κ1) is 15.6. The van der Waals surface area contributed by atoms with E-state index < -0.39 is 0 Å². The molecule has 1 heterocycles. The van der Waals surface area contributed by atoms with Crippen molar-refractivity contribution in [2.45, 2.75) is 12.8 Å². The number of carbonyl (C=O) groups is 1. The SMILES string of the molecule is COC(=O)CN1CCCC(COc2ccc(I)cc2)C1. The zero-order valence-corrected chi connectivity index (χ0v) is 13.8. The Bertz CT molecular complexity index is 435. The lowest BCUT2D eigenvalue weighted by Crippen LogP contribution is -2.40. The van der Waals surface area contributed by atoms with E-state index in [-0.39, 0.29) is 5.97 Å². The summed E-state index contributed by atoms with van der Waals surface area (Å²) >= 11 is 2.28. The van der Waals surface area contributed by atoms with Crippen molar-refractivity contribution in [2.75, 3.05) is 33.4 Å². The highest BCUT2D eigenvalue weighted by Gasteiger charge is 2.22. The third-order valence-electron chi connectivity index (χ3n) is 3.48. The van der Waals surface area contributed by atoms with Crippen LogP contribution in [0, 0.1) is 9.49 Å². The average Bonchev–Trinajstić information content (AvgIpc) is 2.47. The van der Waals surface area contributed by atoms with E-state index in [1.807, 2.05) is 24.3 Å². The second-order valence-corrected chi connectivity index (χ2v) is 6.33. The standard InChI is InChI=1S/C15H20INO3/c1-19-15(18)10-17-8-2-3-12(9-17)11-20-14-6-4-13(16)5-7-14/h4-7,12H,2-3,8-11H2,1H3. The number of ether oxygens (including phenoxy) is 2. The first-order valence-electron chi connectivity index (χ1n) is 6.85. The van der Waals surface area contributed by atoms with Gasteiger partial charge in [0.25, 0.3) is 0 Å². The Morgan fingerprint density at radius 3 is 2.85 bits per heavy atom. The van der Waals surface area contributed by atoms with E-state index in [2.05, 4.69) is 27.5 Å². The molecular weight excluding hydrogens is 369 g/mol. The lowest BCUT2D eigenvalue weighted by atomic mass is 9.99. The largest absolute Gasteiger partial charge is 0.493 e. The Morgan fingerprint density at radius 1 is 1.40 bits per heavy atom. The zero-order valence-electron chi connectivity index (χ0n) is 11.7. The summed E-state index contributed by atoms with van der Waals surface area (Å²) in [6, 6.07) is 8.08. The van der Waals surface area contributed by atoms with Crippen LogP contribution < -0.4 is 4.74 Å². The molecule has 1 unspecified atom stereocenters. The summed E-state index contributed by atoms with van der Waals surface area (Å²) in [6.45, 7) is 2.96. The van der Waals surface area contributed by atoms with Crippen LogP contribution in [-0.2, 0) is 9.53 Å². The van der Waals surface area contributed by atoms with Gasteiger partial charge in [0.1, 0.15) is 5.75 Å². The van der Waals surface area contributed by atoms with E-state index in [1.165, 1.54) is 10.7 Å². The van der Waals surface area contributed by atoms with E-state index in [4.69, 9.17) is 9.47 Å². The second kappa shape index (κ2) is 7.83. The highest BCUT2D eigenvalue weighted by Crippen LogP contribution is 2.19. The Kier molecular flexibility index (Phi) is 6.09. The summed E-state index contributed by atoms with van der Waals surface area (Å²) in [5, 5.41) is 0. The van der Waals surface area contributed by atoms with Gasteiger partial charge in [-0.2, -0.15) is 0 Å². The number of piperidine rings is 1. The lowest BCUT2D eigenvalue weighted by molar-refractivity contribution is -0.142. The van der Waals surface area contributed by atoms with Crippen LogP contribution >= 0.6 is 22.6 Å². The van der Waals surface area contributed by atoms with Crippen LogP contribution in [0.3, 0.4) is 0 Å². The third kappa shape index (κ3) is 4.94. The van der Waals surface area contributed by atoms with Crippen LogP contribution in [0.25, 0.3) is 0 Å². The van der Waals surface area contributed by atoms with Crippen LogP contribution in [0.15, 0.2) is 24.3 Å². The van der Waals surface area contributed by atoms with Crippen molar-refractivity contribution < 1.29 is 14.3 Å². The second-order valence-electron chi connectivity index (χ2n) is 5.08. The maximum atomic E-state index is 11.3. The molecule has 20 heavy (non-hydrogen) atoms. The van der Waals surface area contributed by atoms with Gasteiger partial charge in [0, 0.05) is 16.0 Å². The van der Waals surface area contributed by atoms with Gasteiger partial charge in [0.2, 0.25) is 0 Å². The summed E-state index contributed by atoms with van der Waals surface area (Å²) in [5.41, 5.74) is 0. The van der Waals surface area contributed by atoms with Crippen molar-refractivity contribution in [2.24, 2.45) is 5.92 Å². The molecule has 1 saturated heterocycles. The molecule has 1 fully saturated rings. The molecule has 0 aromatic heterocycles. The van der Waals surface area contributed by atoms with E-state index in [0.29, 0.717) is 19.1 Å². The maximum absolute atomic E-state index is 11.3. The summed E-state index contributed by atoms with van der Waals surface area (Å²) in [6.07, 6.45) is 2.26. The fraction of sp³-hybridized carbons (Fsp3) is 0.533. The molecule has 1 aromatic carbocycles. The van der Waals surface area contributed by atoms with Crippen LogP contribution in [0.2, 0.25) is 0 Å². The van der Waals surface area contributed by atoms with Gasteiger partial charge in [-0.1, -0.05) is 0 Å². The minimum absolute atomic E-state index is 0.163. The number of esters is 1. The first-order valence-corrected chi connectivity index (χ1v) is 7.93. The maximum Gasteiger partial charge on any atom is 0.319 e. The van der Waals surface area contributed by atoms with Gasteiger partial charge in [-0.25, -0.2) is 0 Å². The minimum atomic E-state index is -0.163. The molecule has 5 heteroatoms. The van der Waals surface area contributed by atoms with Crippen molar-refractivity contribution in [1.82, 2.24) is 4.90 Å². The molecule has 0 spiro atoms. The fourth-order valence-corrected chi connectivity index (χ4v) is 2.78. The molecule has 0 N–H and O–H groups in total. The number of nitrogens with zero attached hydrogens (tertiary/aromatic N) is 1. The molecule has 4 nitrogen and oxygen atoms in total. The van der Waals surface area contributed by atoms with Gasteiger partial charge in [-0.05, 0) is 66.2 Å². The predicted octanol–water partition coefficient (Wildman–Crippen LogP) is 2.56. The monoisotopic (exact) mass is 389 g/mol. The Balaban J connectivity index is 1.78. The number of likely N-dealkylation sites (tertiary alicyclic amines) is 1. The average molecular weight is 389 g/mol. The number of methoxy groups -OCH3 is 1. The molecule has 0 amide bonds. The molecule has 2 rings (SSSR count). The summed E-state index contributed by atoms with van der Waals surface area (Å²) in [4.78, 5) is 13.5. The van der Waals surface area contributed by atoms with Gasteiger partial charge < -0.3 is 9.47 Å². The molecular formula is C15H20INO3. The first-order chi connectivity index (χ1) is 9.67. The summed E-state index contributed by atoms with van der Waals surface area (Å²) in [5.74, 6) is 1.23. The van der Waals surface area contributed by atoms with Crippen LogP contribution in [-0.4, -0.2) is 44.2 Å². The van der Waals surface area contributed by atoms with Crippen LogP contribution in [0.1, 0.15) is 12.8 Å². The topological polar surface area (TPSA) is 38.8 Å². The van der Waals surface area contributed by atoms with E-state index in [9.17, 15) is 4.79 Å². The van der Waals surface area contributed by atoms with Crippen molar-refractivity contribution in [3.8, 4) is 5.75 Å². The van der Waals surface area contributed by atoms with Crippen LogP contribution in [0.4, 0.5) is 0 Å². The molecule has 1 aliphatic rings. The van der Waals surface area contributed by atoms with Crippen molar-refractivity contribution in [1.29, 1.82) is 0 Å². The normalized spacial score (nSPS) is 19.6. The van der Waals surface area contributed by atoms with Crippen molar-refractivity contribution in [3.63, 3.8) is 0 Å². The molecule has 0 aliphatic carbocycles. The van der Waals surface area contributed by atoms with Gasteiger partial charge in [0.05, 0.1) is 20.3 Å². The van der Waals surface area contributed by atoms with E-state index in [0.717, 1.165) is 31.7 Å². The van der Waals surface area contributed by atoms with Gasteiger partial charge in [-0.15, -0.1) is 0 Å². The molecule has 1 atom stereocenters. The molecule has 110 valence electrons. The number of benzene rings is 1. The van der Waals surface area contributed by atoms with Gasteiger partial charge in [0.15, 0.2) is 0 Å². The summed E-state index contributed by atoms with van der Waals surface area (Å²) < 4.78 is 11.8. The van der Waals surface area contributed by atoms with Crippen molar-refractivity contribution in [3.05, 3.63) is 27.8 Å². The molecule has 0 saturated carbocycles. The predicted molar refractivity (Wildman–Crippen MR) is 85.8 cm³/mol. The van der Waals surface area contributed by atoms with Crippen molar-refractivity contribution >= 4 is 28.6 Å². The highest BCUT2D eigenvalue weighted by molar-refractivity contribution is 14.1. The minimum Gasteiger partial charge on any atom is -0.493 e. The quantitative estimate of drug-likeness (QED) is 0.573. The third-order valence-corrected chi connectivity index (χ3v) is 4.20. The van der Waals surface area contributed by atoms with E-state index in [1.54, 1.807) is 0 Å². The number of hydrogen-bond donors (Lipinski definition) is 0. The Labute approximate surface area is 133 Å². The lowest BCUT2D eigenvalue weighted by Gasteiger charge is -2.31. The molecule has 1 aromatic rings. The molecule has 1 aliphatic heterocycles. The smallest absolute Gasteiger partial charge is 0.319 e. The summed E-state index contributed by atoms with van der Waals surface area (Å²) in [7, 11) is 1.43. The zero-order chi connectivity index (χ0) is 14.4. The fourth-order valence-electron chi connectivity index (χ4n) is 2.42. The molecule has 0 radical (unpaired) electrons. The van der Waals surface area contributed by atoms with E-state index >= 15 is 0 Å². The molecule has 0 bridgehead atoms. The van der Waals surface area contributed by atoms with Crippen LogP contribution in [0.5, 0.6) is 5.75 Å². The van der Waals surface area contributed by atoms with Gasteiger partial charge >= 0.3 is 5.97 Å².